The zero-order valence-electron chi connectivity index (χ0n) is 7.72. The Morgan fingerprint density at radius 1 is 1.53 bits per heavy atom. The zero-order chi connectivity index (χ0) is 10.8. The van der Waals surface area contributed by atoms with Crippen molar-refractivity contribution in [1.82, 2.24) is 14.6 Å². The van der Waals surface area contributed by atoms with Crippen molar-refractivity contribution < 1.29 is 14.3 Å². The Balaban J connectivity index is 2.37. The summed E-state index contributed by atoms with van der Waals surface area (Å²) in [5, 5.41) is 15.9. The van der Waals surface area contributed by atoms with E-state index in [1.54, 1.807) is 6.20 Å². The van der Waals surface area contributed by atoms with Gasteiger partial charge in [0.15, 0.2) is 11.5 Å². The molecule has 0 bridgehead atoms. The maximum atomic E-state index is 13.2. The van der Waals surface area contributed by atoms with Crippen molar-refractivity contribution in [2.24, 2.45) is 0 Å². The Hall–Kier alpha value is -1.98. The maximum Gasteiger partial charge on any atom is 0.303 e. The van der Waals surface area contributed by atoms with Gasteiger partial charge in [0.1, 0.15) is 5.82 Å². The molecule has 2 heterocycles. The number of halogens is 1. The molecule has 0 saturated heterocycles. The van der Waals surface area contributed by atoms with Gasteiger partial charge in [-0.3, -0.25) is 9.20 Å². The van der Waals surface area contributed by atoms with Crippen LogP contribution < -0.4 is 0 Å². The van der Waals surface area contributed by atoms with Crippen molar-refractivity contribution in [1.29, 1.82) is 0 Å². The first-order chi connectivity index (χ1) is 7.18. The van der Waals surface area contributed by atoms with E-state index in [9.17, 15) is 9.18 Å². The Morgan fingerprint density at radius 3 is 3.07 bits per heavy atom. The van der Waals surface area contributed by atoms with Crippen LogP contribution in [0.4, 0.5) is 4.39 Å². The van der Waals surface area contributed by atoms with Gasteiger partial charge in [0.2, 0.25) is 0 Å². The highest BCUT2D eigenvalue weighted by molar-refractivity contribution is 5.66. The fourth-order valence-corrected chi connectivity index (χ4v) is 1.32. The third-order valence-corrected chi connectivity index (χ3v) is 2.02. The van der Waals surface area contributed by atoms with Crippen molar-refractivity contribution in [3.63, 3.8) is 0 Å². The van der Waals surface area contributed by atoms with Crippen LogP contribution in [0.25, 0.3) is 5.65 Å². The maximum absolute atomic E-state index is 13.2. The van der Waals surface area contributed by atoms with Crippen molar-refractivity contribution in [3.8, 4) is 0 Å². The van der Waals surface area contributed by atoms with Gasteiger partial charge < -0.3 is 5.11 Å². The van der Waals surface area contributed by atoms with Crippen LogP contribution in [0.1, 0.15) is 12.2 Å². The largest absolute Gasteiger partial charge is 0.481 e. The Labute approximate surface area is 84.2 Å². The van der Waals surface area contributed by atoms with E-state index in [-0.39, 0.29) is 18.5 Å². The molecular weight excluding hydrogens is 201 g/mol. The van der Waals surface area contributed by atoms with Crippen molar-refractivity contribution in [2.75, 3.05) is 0 Å². The summed E-state index contributed by atoms with van der Waals surface area (Å²) >= 11 is 0. The fourth-order valence-electron chi connectivity index (χ4n) is 1.32. The molecule has 6 heteroatoms. The number of carboxylic acids is 1. The number of aryl methyl sites for hydroxylation is 1. The summed E-state index contributed by atoms with van der Waals surface area (Å²) in [6.07, 6.45) is 1.80. The second-order valence-electron chi connectivity index (χ2n) is 3.06. The highest BCUT2D eigenvalue weighted by Gasteiger charge is 2.09. The molecule has 2 aromatic rings. The van der Waals surface area contributed by atoms with E-state index in [4.69, 9.17) is 5.11 Å². The van der Waals surface area contributed by atoms with E-state index in [0.717, 1.165) is 0 Å². The Morgan fingerprint density at radius 2 is 2.33 bits per heavy atom. The van der Waals surface area contributed by atoms with Gasteiger partial charge in [0.25, 0.3) is 0 Å². The average Bonchev–Trinajstić information content (AvgIpc) is 2.59. The summed E-state index contributed by atoms with van der Waals surface area (Å²) in [6, 6.07) is 2.81. The third kappa shape index (κ3) is 1.78. The summed E-state index contributed by atoms with van der Waals surface area (Å²) in [6.45, 7) is 0. The number of pyridine rings is 1. The first-order valence-corrected chi connectivity index (χ1v) is 4.38. The smallest absolute Gasteiger partial charge is 0.303 e. The van der Waals surface area contributed by atoms with Gasteiger partial charge in [0.05, 0.1) is 6.42 Å². The second-order valence-corrected chi connectivity index (χ2v) is 3.06. The standard InChI is InChI=1S/C9H8FN3O2/c10-6-2-1-5-13-7(3-4-8(14)15)11-12-9(6)13/h1-2,5H,3-4H2,(H,14,15). The van der Waals surface area contributed by atoms with Crippen LogP contribution in [0.3, 0.4) is 0 Å². The lowest BCUT2D eigenvalue weighted by molar-refractivity contribution is -0.137. The predicted molar refractivity (Wildman–Crippen MR) is 48.9 cm³/mol. The lowest BCUT2D eigenvalue weighted by atomic mass is 10.3. The molecule has 0 unspecified atom stereocenters. The average molecular weight is 209 g/mol. The molecular formula is C9H8FN3O2. The molecule has 0 radical (unpaired) electrons. The minimum absolute atomic E-state index is 0.0443. The summed E-state index contributed by atoms with van der Waals surface area (Å²) in [5.74, 6) is -0.929. The van der Waals surface area contributed by atoms with Gasteiger partial charge >= 0.3 is 5.97 Å². The number of carboxylic acid groups (broad SMARTS) is 1. The molecule has 15 heavy (non-hydrogen) atoms. The molecule has 0 aliphatic rings. The van der Waals surface area contributed by atoms with E-state index in [1.807, 2.05) is 0 Å². The van der Waals surface area contributed by atoms with E-state index in [2.05, 4.69) is 10.2 Å². The highest BCUT2D eigenvalue weighted by Crippen LogP contribution is 2.09. The molecule has 2 aromatic heterocycles. The number of hydrogen-bond acceptors (Lipinski definition) is 3. The third-order valence-electron chi connectivity index (χ3n) is 2.02. The molecule has 0 spiro atoms. The number of rotatable bonds is 3. The number of nitrogens with zero attached hydrogens (tertiary/aromatic N) is 3. The van der Waals surface area contributed by atoms with Crippen LogP contribution in [0, 0.1) is 5.82 Å². The number of fused-ring (bicyclic) bond motifs is 1. The quantitative estimate of drug-likeness (QED) is 0.814. The topological polar surface area (TPSA) is 67.5 Å². The lowest BCUT2D eigenvalue weighted by Gasteiger charge is -1.97. The summed E-state index contributed by atoms with van der Waals surface area (Å²) in [5.41, 5.74) is 0.123. The Bertz CT molecular complexity index is 509. The molecule has 5 nitrogen and oxygen atoms in total. The van der Waals surface area contributed by atoms with Gasteiger partial charge in [-0.2, -0.15) is 0 Å². The molecule has 0 atom stereocenters. The lowest BCUT2D eigenvalue weighted by Crippen LogP contribution is -2.01. The predicted octanol–water partition coefficient (Wildman–Crippen LogP) is 0.886. The molecule has 0 fully saturated rings. The number of aromatic nitrogens is 3. The minimum atomic E-state index is -0.914. The van der Waals surface area contributed by atoms with Gasteiger partial charge in [-0.1, -0.05) is 0 Å². The number of hydrogen-bond donors (Lipinski definition) is 1. The molecule has 1 N–H and O–H groups in total. The number of carbonyl (C=O) groups is 1. The van der Waals surface area contributed by atoms with Gasteiger partial charge in [0, 0.05) is 12.6 Å². The van der Waals surface area contributed by atoms with Crippen LogP contribution >= 0.6 is 0 Å². The molecule has 0 saturated carbocycles. The van der Waals surface area contributed by atoms with Crippen molar-refractivity contribution in [3.05, 3.63) is 30.0 Å². The van der Waals surface area contributed by atoms with Crippen molar-refractivity contribution >= 4 is 11.6 Å². The molecule has 0 aliphatic carbocycles. The van der Waals surface area contributed by atoms with Gasteiger partial charge in [-0.05, 0) is 12.1 Å². The van der Waals surface area contributed by atoms with E-state index < -0.39 is 11.8 Å². The van der Waals surface area contributed by atoms with Gasteiger partial charge in [-0.25, -0.2) is 4.39 Å². The summed E-state index contributed by atoms with van der Waals surface area (Å²) in [4.78, 5) is 10.4. The monoisotopic (exact) mass is 209 g/mol. The van der Waals surface area contributed by atoms with Crippen LogP contribution in [0.15, 0.2) is 18.3 Å². The first kappa shape index (κ1) is 9.57. The number of aliphatic carboxylic acids is 1. The highest BCUT2D eigenvalue weighted by atomic mass is 19.1. The van der Waals surface area contributed by atoms with Gasteiger partial charge in [-0.15, -0.1) is 10.2 Å². The normalized spacial score (nSPS) is 10.7. The van der Waals surface area contributed by atoms with Crippen LogP contribution in [0.2, 0.25) is 0 Å². The molecule has 2 rings (SSSR count). The minimum Gasteiger partial charge on any atom is -0.481 e. The Kier molecular flexibility index (Phi) is 2.32. The van der Waals surface area contributed by atoms with E-state index in [1.165, 1.54) is 16.5 Å². The molecule has 0 amide bonds. The van der Waals surface area contributed by atoms with Crippen molar-refractivity contribution in [2.45, 2.75) is 12.8 Å². The van der Waals surface area contributed by atoms with E-state index in [0.29, 0.717) is 5.82 Å². The summed E-state index contributed by atoms with van der Waals surface area (Å²) in [7, 11) is 0. The van der Waals surface area contributed by atoms with Crippen LogP contribution in [-0.4, -0.2) is 25.7 Å². The zero-order valence-corrected chi connectivity index (χ0v) is 7.72. The fraction of sp³-hybridized carbons (Fsp3) is 0.222. The van der Waals surface area contributed by atoms with E-state index >= 15 is 0 Å². The summed E-state index contributed by atoms with van der Waals surface area (Å²) < 4.78 is 14.6. The SMILES string of the molecule is O=C(O)CCc1nnc2c(F)cccn12. The molecule has 78 valence electrons. The second kappa shape index (κ2) is 3.64. The van der Waals surface area contributed by atoms with Crippen LogP contribution in [-0.2, 0) is 11.2 Å². The van der Waals surface area contributed by atoms with Crippen LogP contribution in [0.5, 0.6) is 0 Å². The molecule has 0 aliphatic heterocycles. The molecule has 0 aromatic carbocycles. The first-order valence-electron chi connectivity index (χ1n) is 4.38.